The molecule has 1 amide bonds. The van der Waals surface area contributed by atoms with Crippen molar-refractivity contribution in [3.8, 4) is 5.75 Å². The molecule has 4 nitrogen and oxygen atoms in total. The predicted octanol–water partition coefficient (Wildman–Crippen LogP) is 3.18. The average Bonchev–Trinajstić information content (AvgIpc) is 2.28. The molecule has 0 atom stereocenters. The summed E-state index contributed by atoms with van der Waals surface area (Å²) in [6.45, 7) is 0.597. The van der Waals surface area contributed by atoms with Crippen molar-refractivity contribution in [3.05, 3.63) is 21.6 Å². The van der Waals surface area contributed by atoms with E-state index in [9.17, 15) is 4.79 Å². The summed E-state index contributed by atoms with van der Waals surface area (Å²) in [5.74, 6) is 0.488. The minimum Gasteiger partial charge on any atom is -0.493 e. The summed E-state index contributed by atoms with van der Waals surface area (Å²) < 4.78 is 5.92. The molecule has 0 unspecified atom stereocenters. The number of anilines is 1. The summed E-state index contributed by atoms with van der Waals surface area (Å²) in [5, 5.41) is 3.31. The molecule has 3 N–H and O–H groups in total. The van der Waals surface area contributed by atoms with E-state index < -0.39 is 0 Å². The summed E-state index contributed by atoms with van der Waals surface area (Å²) in [7, 11) is 1.54. The monoisotopic (exact) mass is 334 g/mol. The van der Waals surface area contributed by atoms with Crippen LogP contribution in [0.3, 0.4) is 0 Å². The van der Waals surface area contributed by atoms with Gasteiger partial charge in [0.05, 0.1) is 17.3 Å². The molecule has 0 aliphatic heterocycles. The molecular formula is C12H16BrClN2O2. The lowest BCUT2D eigenvalue weighted by Gasteiger charge is -2.12. The number of amides is 1. The van der Waals surface area contributed by atoms with Crippen LogP contribution < -0.4 is 15.8 Å². The molecule has 1 rings (SSSR count). The van der Waals surface area contributed by atoms with Gasteiger partial charge in [-0.25, -0.2) is 0 Å². The fourth-order valence-corrected chi connectivity index (χ4v) is 2.48. The number of unbranched alkanes of at least 4 members (excludes halogenated alkanes) is 1. The van der Waals surface area contributed by atoms with E-state index in [0.717, 1.165) is 12.8 Å². The first-order valence-corrected chi connectivity index (χ1v) is 6.78. The zero-order chi connectivity index (χ0) is 13.5. The molecule has 0 aromatic heterocycles. The zero-order valence-corrected chi connectivity index (χ0v) is 12.5. The van der Waals surface area contributed by atoms with Crippen LogP contribution in [0.4, 0.5) is 5.69 Å². The van der Waals surface area contributed by atoms with Crippen molar-refractivity contribution < 1.29 is 9.53 Å². The van der Waals surface area contributed by atoms with E-state index in [-0.39, 0.29) is 5.91 Å². The fraction of sp³-hybridized carbons (Fsp3) is 0.417. The number of carbonyl (C=O) groups excluding carboxylic acids is 1. The minimum atomic E-state index is -0.0732. The van der Waals surface area contributed by atoms with Gasteiger partial charge in [-0.1, -0.05) is 11.6 Å². The predicted molar refractivity (Wildman–Crippen MR) is 77.2 cm³/mol. The Balaban J connectivity index is 2.74. The van der Waals surface area contributed by atoms with E-state index in [1.54, 1.807) is 12.1 Å². The van der Waals surface area contributed by atoms with Gasteiger partial charge < -0.3 is 15.8 Å². The second-order valence-corrected chi connectivity index (χ2v) is 5.05. The van der Waals surface area contributed by atoms with Crippen molar-refractivity contribution in [2.24, 2.45) is 5.73 Å². The van der Waals surface area contributed by atoms with Crippen molar-refractivity contribution in [1.82, 2.24) is 0 Å². The molecule has 6 heteroatoms. The minimum absolute atomic E-state index is 0.0732. The Labute approximate surface area is 120 Å². The molecule has 18 heavy (non-hydrogen) atoms. The van der Waals surface area contributed by atoms with E-state index in [1.807, 2.05) is 0 Å². The highest BCUT2D eigenvalue weighted by Gasteiger charge is 2.12. The van der Waals surface area contributed by atoms with Gasteiger partial charge in [0, 0.05) is 11.4 Å². The van der Waals surface area contributed by atoms with Crippen LogP contribution in [0.1, 0.15) is 19.3 Å². The van der Waals surface area contributed by atoms with Gasteiger partial charge in [0.1, 0.15) is 0 Å². The number of nitrogens with two attached hydrogens (primary N) is 1. The van der Waals surface area contributed by atoms with E-state index in [0.29, 0.717) is 33.9 Å². The molecule has 0 radical (unpaired) electrons. The lowest BCUT2D eigenvalue weighted by atomic mass is 10.2. The second-order valence-electron chi connectivity index (χ2n) is 3.76. The van der Waals surface area contributed by atoms with Gasteiger partial charge in [-0.15, -0.1) is 0 Å². The average molecular weight is 336 g/mol. The van der Waals surface area contributed by atoms with E-state index in [1.165, 1.54) is 7.11 Å². The number of benzene rings is 1. The maximum absolute atomic E-state index is 11.7. The van der Waals surface area contributed by atoms with Crippen LogP contribution in [0.15, 0.2) is 16.6 Å². The highest BCUT2D eigenvalue weighted by Crippen LogP contribution is 2.36. The Kier molecular flexibility index (Phi) is 6.46. The summed E-state index contributed by atoms with van der Waals surface area (Å²) in [5.41, 5.74) is 5.94. The van der Waals surface area contributed by atoms with Gasteiger partial charge in [0.2, 0.25) is 5.91 Å². The van der Waals surface area contributed by atoms with E-state index >= 15 is 0 Å². The van der Waals surface area contributed by atoms with Gasteiger partial charge in [-0.2, -0.15) is 0 Å². The topological polar surface area (TPSA) is 64.3 Å². The first-order chi connectivity index (χ1) is 8.58. The molecule has 0 saturated heterocycles. The molecule has 100 valence electrons. The van der Waals surface area contributed by atoms with Crippen LogP contribution >= 0.6 is 27.5 Å². The smallest absolute Gasteiger partial charge is 0.224 e. The molecule has 1 aromatic rings. The number of hydrogen-bond acceptors (Lipinski definition) is 3. The van der Waals surface area contributed by atoms with Crippen molar-refractivity contribution in [1.29, 1.82) is 0 Å². The number of nitrogens with one attached hydrogen (secondary N) is 1. The van der Waals surface area contributed by atoms with Crippen LogP contribution in [0.5, 0.6) is 5.75 Å². The number of hydrogen-bond donors (Lipinski definition) is 2. The Morgan fingerprint density at radius 1 is 1.50 bits per heavy atom. The van der Waals surface area contributed by atoms with Crippen LogP contribution in [-0.4, -0.2) is 19.6 Å². The third kappa shape index (κ3) is 4.48. The molecule has 0 fully saturated rings. The van der Waals surface area contributed by atoms with Gasteiger partial charge in [-0.3, -0.25) is 4.79 Å². The quantitative estimate of drug-likeness (QED) is 0.785. The van der Waals surface area contributed by atoms with Crippen molar-refractivity contribution in [3.63, 3.8) is 0 Å². The van der Waals surface area contributed by atoms with Crippen molar-refractivity contribution >= 4 is 39.1 Å². The highest BCUT2D eigenvalue weighted by molar-refractivity contribution is 9.10. The number of methoxy groups -OCH3 is 1. The van der Waals surface area contributed by atoms with Crippen LogP contribution in [0.2, 0.25) is 5.02 Å². The summed E-state index contributed by atoms with van der Waals surface area (Å²) in [6, 6.07) is 3.37. The van der Waals surface area contributed by atoms with Crippen molar-refractivity contribution in [2.45, 2.75) is 19.3 Å². The maximum Gasteiger partial charge on any atom is 0.224 e. The van der Waals surface area contributed by atoms with Gasteiger partial charge in [-0.05, 0) is 47.4 Å². The van der Waals surface area contributed by atoms with E-state index in [4.69, 9.17) is 22.1 Å². The third-order valence-electron chi connectivity index (χ3n) is 2.34. The molecule has 0 bridgehead atoms. The Bertz CT molecular complexity index is 427. The largest absolute Gasteiger partial charge is 0.493 e. The Morgan fingerprint density at radius 3 is 2.83 bits per heavy atom. The van der Waals surface area contributed by atoms with Gasteiger partial charge in [0.15, 0.2) is 5.75 Å². The Hall–Kier alpha value is -0.780. The SMILES string of the molecule is COc1c(Br)cc(Cl)cc1NC(=O)CCCCN. The van der Waals surface area contributed by atoms with Gasteiger partial charge in [0.25, 0.3) is 0 Å². The molecule has 0 aliphatic rings. The Morgan fingerprint density at radius 2 is 2.22 bits per heavy atom. The number of rotatable bonds is 6. The van der Waals surface area contributed by atoms with Crippen molar-refractivity contribution in [2.75, 3.05) is 19.0 Å². The van der Waals surface area contributed by atoms with Gasteiger partial charge >= 0.3 is 0 Å². The number of carbonyl (C=O) groups is 1. The summed E-state index contributed by atoms with van der Waals surface area (Å²) >= 11 is 9.27. The normalized spacial score (nSPS) is 10.2. The highest BCUT2D eigenvalue weighted by atomic mass is 79.9. The van der Waals surface area contributed by atoms with E-state index in [2.05, 4.69) is 21.2 Å². The lowest BCUT2D eigenvalue weighted by molar-refractivity contribution is -0.116. The maximum atomic E-state index is 11.7. The molecule has 0 heterocycles. The molecular weight excluding hydrogens is 320 g/mol. The summed E-state index contributed by atoms with van der Waals surface area (Å²) in [4.78, 5) is 11.7. The molecule has 1 aromatic carbocycles. The summed E-state index contributed by atoms with van der Waals surface area (Å²) in [6.07, 6.45) is 2.04. The molecule has 0 saturated carbocycles. The zero-order valence-electron chi connectivity index (χ0n) is 10.1. The lowest BCUT2D eigenvalue weighted by Crippen LogP contribution is -2.13. The number of ether oxygens (including phenoxy) is 1. The second kappa shape index (κ2) is 7.61. The first kappa shape index (κ1) is 15.3. The standard InChI is InChI=1S/C12H16BrClN2O2/c1-18-12-9(13)6-8(14)7-10(12)16-11(17)4-2-3-5-15/h6-7H,2-5,15H2,1H3,(H,16,17). The first-order valence-electron chi connectivity index (χ1n) is 5.61. The number of halogens is 2. The van der Waals surface area contributed by atoms with Crippen LogP contribution in [-0.2, 0) is 4.79 Å². The molecule has 0 aliphatic carbocycles. The molecule has 0 spiro atoms. The third-order valence-corrected chi connectivity index (χ3v) is 3.15. The van der Waals surface area contributed by atoms with Crippen LogP contribution in [0.25, 0.3) is 0 Å². The van der Waals surface area contributed by atoms with Crippen LogP contribution in [0, 0.1) is 0 Å². The fourth-order valence-electron chi connectivity index (χ4n) is 1.50.